The van der Waals surface area contributed by atoms with Crippen LogP contribution in [0, 0.1) is 6.92 Å². The van der Waals surface area contributed by atoms with Gasteiger partial charge >= 0.3 is 0 Å². The van der Waals surface area contributed by atoms with Crippen molar-refractivity contribution < 1.29 is 19.8 Å². The second kappa shape index (κ2) is 7.02. The molecule has 0 radical (unpaired) electrons. The lowest BCUT2D eigenvalue weighted by atomic mass is 9.62. The zero-order chi connectivity index (χ0) is 22.8. The van der Waals surface area contributed by atoms with Gasteiger partial charge in [-0.2, -0.15) is 0 Å². The highest BCUT2D eigenvalue weighted by Gasteiger charge is 2.48. The van der Waals surface area contributed by atoms with E-state index in [1.54, 1.807) is 6.07 Å². The van der Waals surface area contributed by atoms with Gasteiger partial charge < -0.3 is 15.5 Å². The van der Waals surface area contributed by atoms with Gasteiger partial charge in [0.05, 0.1) is 0 Å². The molecule has 1 heterocycles. The standard InChI is InChI=1S/C25H29NO4S/c1-14-10-18-19(24(4,5)9-8-23(18,2)3)12-17(14)25(26-21(29)22(30)31-25)13-15-6-7-16(27)11-20(15)28/h6-7,10-12,27-28H,8-9,13H2,1-5H3,(H,26,29). The molecule has 2 aromatic carbocycles. The van der Waals surface area contributed by atoms with E-state index in [9.17, 15) is 19.8 Å². The Kier molecular flexibility index (Phi) is 4.93. The van der Waals surface area contributed by atoms with Gasteiger partial charge in [0.15, 0.2) is 0 Å². The maximum Gasteiger partial charge on any atom is 0.300 e. The normalized spacial score (nSPS) is 24.0. The van der Waals surface area contributed by atoms with Crippen molar-refractivity contribution in [1.82, 2.24) is 5.32 Å². The van der Waals surface area contributed by atoms with E-state index in [4.69, 9.17) is 0 Å². The Morgan fingerprint density at radius 1 is 0.935 bits per heavy atom. The minimum atomic E-state index is -1.01. The molecule has 1 amide bonds. The lowest BCUT2D eigenvalue weighted by Crippen LogP contribution is -2.41. The molecule has 5 nitrogen and oxygen atoms in total. The summed E-state index contributed by atoms with van der Waals surface area (Å²) in [6.07, 6.45) is 2.38. The molecule has 2 aromatic rings. The Bertz CT molecular complexity index is 1090. The number of nitrogens with one attached hydrogen (secondary N) is 1. The molecule has 0 saturated carbocycles. The highest BCUT2D eigenvalue weighted by atomic mass is 32.2. The topological polar surface area (TPSA) is 86.6 Å². The number of fused-ring (bicyclic) bond motifs is 1. The number of carbonyl (C=O) groups excluding carboxylic acids is 2. The number of hydrogen-bond donors (Lipinski definition) is 3. The van der Waals surface area contributed by atoms with Crippen LogP contribution in [0.2, 0.25) is 0 Å². The maximum absolute atomic E-state index is 12.4. The summed E-state index contributed by atoms with van der Waals surface area (Å²) < 4.78 is 0. The Morgan fingerprint density at radius 2 is 1.55 bits per heavy atom. The Morgan fingerprint density at radius 3 is 2.10 bits per heavy atom. The number of benzene rings is 2. The summed E-state index contributed by atoms with van der Waals surface area (Å²) in [6, 6.07) is 8.77. The average Bonchev–Trinajstić information content (AvgIpc) is 2.96. The zero-order valence-electron chi connectivity index (χ0n) is 18.6. The fourth-order valence-corrected chi connectivity index (χ4v) is 6.05. The summed E-state index contributed by atoms with van der Waals surface area (Å²) in [4.78, 5) is 23.7. The van der Waals surface area contributed by atoms with Crippen LogP contribution in [0.4, 0.5) is 0 Å². The molecule has 1 aliphatic heterocycles. The predicted octanol–water partition coefficient (Wildman–Crippen LogP) is 4.54. The number of hydrogen-bond acceptors (Lipinski definition) is 5. The molecule has 1 unspecified atom stereocenters. The number of thioether (sulfide) groups is 1. The average molecular weight is 440 g/mol. The zero-order valence-corrected chi connectivity index (χ0v) is 19.4. The molecule has 6 heteroatoms. The number of rotatable bonds is 3. The monoisotopic (exact) mass is 439 g/mol. The Labute approximate surface area is 187 Å². The quantitative estimate of drug-likeness (QED) is 0.611. The van der Waals surface area contributed by atoms with E-state index in [0.717, 1.165) is 35.7 Å². The van der Waals surface area contributed by atoms with Crippen LogP contribution in [0.25, 0.3) is 0 Å². The van der Waals surface area contributed by atoms with E-state index in [1.807, 2.05) is 6.92 Å². The third-order valence-corrected chi connectivity index (χ3v) is 8.09. The van der Waals surface area contributed by atoms with Crippen LogP contribution >= 0.6 is 11.8 Å². The minimum Gasteiger partial charge on any atom is -0.508 e. The first-order valence-corrected chi connectivity index (χ1v) is 11.4. The number of aromatic hydroxyl groups is 2. The molecule has 3 N–H and O–H groups in total. The van der Waals surface area contributed by atoms with Gasteiger partial charge in [-0.3, -0.25) is 9.59 Å². The third kappa shape index (κ3) is 3.61. The molecule has 164 valence electrons. The fourth-order valence-electron chi connectivity index (χ4n) is 4.89. The number of phenols is 2. The molecule has 1 saturated heterocycles. The van der Waals surface area contributed by atoms with Crippen LogP contribution in [0.3, 0.4) is 0 Å². The van der Waals surface area contributed by atoms with Crippen LogP contribution < -0.4 is 5.32 Å². The largest absolute Gasteiger partial charge is 0.508 e. The van der Waals surface area contributed by atoms with E-state index in [2.05, 4.69) is 45.1 Å². The highest BCUT2D eigenvalue weighted by Crippen LogP contribution is 2.50. The molecule has 0 aromatic heterocycles. The number of carbonyl (C=O) groups is 2. The fraction of sp³-hybridized carbons (Fsp3) is 0.440. The Hall–Kier alpha value is -2.47. The molecule has 1 aliphatic carbocycles. The highest BCUT2D eigenvalue weighted by molar-refractivity contribution is 8.16. The van der Waals surface area contributed by atoms with Crippen LogP contribution in [0.1, 0.15) is 68.4 Å². The van der Waals surface area contributed by atoms with Gasteiger partial charge in [-0.15, -0.1) is 0 Å². The summed E-state index contributed by atoms with van der Waals surface area (Å²) >= 11 is 0.974. The van der Waals surface area contributed by atoms with Crippen molar-refractivity contribution in [3.05, 3.63) is 58.1 Å². The van der Waals surface area contributed by atoms with Crippen molar-refractivity contribution in [3.8, 4) is 11.5 Å². The first-order chi connectivity index (χ1) is 14.3. The first-order valence-electron chi connectivity index (χ1n) is 10.6. The molecule has 1 atom stereocenters. The SMILES string of the molecule is Cc1cc2c(cc1C1(Cc3ccc(O)cc3O)NC(=O)C(=O)S1)C(C)(C)CCC2(C)C. The van der Waals surface area contributed by atoms with Gasteiger partial charge in [0.1, 0.15) is 16.4 Å². The summed E-state index contributed by atoms with van der Waals surface area (Å²) in [6.45, 7) is 11.0. The molecule has 31 heavy (non-hydrogen) atoms. The maximum atomic E-state index is 12.4. The number of phenolic OH excluding ortho intramolecular Hbond substituents is 2. The van der Waals surface area contributed by atoms with E-state index in [1.165, 1.54) is 23.3 Å². The van der Waals surface area contributed by atoms with Crippen LogP contribution in [-0.2, 0) is 31.7 Å². The van der Waals surface area contributed by atoms with Crippen LogP contribution in [-0.4, -0.2) is 21.2 Å². The van der Waals surface area contributed by atoms with Gasteiger partial charge in [-0.25, -0.2) is 0 Å². The van der Waals surface area contributed by atoms with Crippen LogP contribution in [0.15, 0.2) is 30.3 Å². The van der Waals surface area contributed by atoms with Gasteiger partial charge in [0.25, 0.3) is 11.0 Å². The molecule has 0 bridgehead atoms. The predicted molar refractivity (Wildman–Crippen MR) is 122 cm³/mol. The van der Waals surface area contributed by atoms with Crippen LogP contribution in [0.5, 0.6) is 11.5 Å². The summed E-state index contributed by atoms with van der Waals surface area (Å²) in [5.74, 6) is -0.728. The van der Waals surface area contributed by atoms with Gasteiger partial charge in [-0.05, 0) is 76.2 Å². The number of amides is 1. The van der Waals surface area contributed by atoms with Crippen molar-refractivity contribution in [3.63, 3.8) is 0 Å². The molecule has 4 rings (SSSR count). The lowest BCUT2D eigenvalue weighted by Gasteiger charge is -2.43. The van der Waals surface area contributed by atoms with Crippen molar-refractivity contribution in [2.24, 2.45) is 0 Å². The van der Waals surface area contributed by atoms with Gasteiger partial charge in [-0.1, -0.05) is 45.9 Å². The van der Waals surface area contributed by atoms with E-state index in [0.29, 0.717) is 5.56 Å². The summed E-state index contributed by atoms with van der Waals surface area (Å²) in [5, 5.41) is 22.4. The smallest absolute Gasteiger partial charge is 0.300 e. The summed E-state index contributed by atoms with van der Waals surface area (Å²) in [7, 11) is 0. The lowest BCUT2D eigenvalue weighted by molar-refractivity contribution is -0.132. The molecule has 0 spiro atoms. The van der Waals surface area contributed by atoms with E-state index in [-0.39, 0.29) is 28.7 Å². The van der Waals surface area contributed by atoms with E-state index < -0.39 is 15.9 Å². The van der Waals surface area contributed by atoms with Gasteiger partial charge in [0.2, 0.25) is 0 Å². The third-order valence-electron chi connectivity index (χ3n) is 6.91. The van der Waals surface area contributed by atoms with Gasteiger partial charge in [0, 0.05) is 12.5 Å². The second-order valence-electron chi connectivity index (χ2n) is 10.1. The minimum absolute atomic E-state index is 0.0214. The van der Waals surface area contributed by atoms with Crippen molar-refractivity contribution in [2.75, 3.05) is 0 Å². The van der Waals surface area contributed by atoms with Crippen molar-refractivity contribution >= 4 is 22.8 Å². The second-order valence-corrected chi connectivity index (χ2v) is 11.4. The summed E-state index contributed by atoms with van der Waals surface area (Å²) in [5.41, 5.74) is 5.03. The molecule has 1 fully saturated rings. The van der Waals surface area contributed by atoms with Crippen molar-refractivity contribution in [1.29, 1.82) is 0 Å². The Balaban J connectivity index is 1.91. The number of aryl methyl sites for hydroxylation is 1. The molecular formula is C25H29NO4S. The first kappa shape index (κ1) is 21.8. The van der Waals surface area contributed by atoms with Crippen molar-refractivity contribution in [2.45, 2.75) is 69.6 Å². The van der Waals surface area contributed by atoms with E-state index >= 15 is 0 Å². The molecular weight excluding hydrogens is 410 g/mol. The molecule has 2 aliphatic rings.